The lowest BCUT2D eigenvalue weighted by Gasteiger charge is -2.10. The molecule has 4 heteroatoms. The van der Waals surface area contributed by atoms with E-state index < -0.39 is 0 Å². The number of nitrogens with zero attached hydrogens (tertiary/aromatic N) is 2. The molecular weight excluding hydrogens is 649 g/mol. The van der Waals surface area contributed by atoms with E-state index in [1.807, 2.05) is 18.2 Å². The molecule has 0 aliphatic heterocycles. The van der Waals surface area contributed by atoms with Crippen LogP contribution in [0.15, 0.2) is 179 Å². The van der Waals surface area contributed by atoms with Gasteiger partial charge in [0.25, 0.3) is 0 Å². The maximum Gasteiger partial charge on any atom is 0.227 e. The van der Waals surface area contributed by atoms with Crippen molar-refractivity contribution in [1.82, 2.24) is 9.55 Å². The molecule has 53 heavy (non-hydrogen) atoms. The van der Waals surface area contributed by atoms with Gasteiger partial charge in [-0.3, -0.25) is 0 Å². The minimum Gasteiger partial charge on any atom is -0.455 e. The van der Waals surface area contributed by atoms with Gasteiger partial charge in [-0.15, -0.1) is 0 Å². The molecule has 12 aromatic rings. The van der Waals surface area contributed by atoms with Crippen LogP contribution in [0.5, 0.6) is 0 Å². The number of hydrogen-bond acceptors (Lipinski definition) is 3. The summed E-state index contributed by atoms with van der Waals surface area (Å²) in [7, 11) is 0. The van der Waals surface area contributed by atoms with Crippen LogP contribution in [-0.4, -0.2) is 9.55 Å². The number of benzene rings is 9. The summed E-state index contributed by atoms with van der Waals surface area (Å²) < 4.78 is 15.8. The summed E-state index contributed by atoms with van der Waals surface area (Å²) in [4.78, 5) is 5.20. The Kier molecular flexibility index (Phi) is 5.74. The number of hydrogen-bond donors (Lipinski definition) is 0. The zero-order chi connectivity index (χ0) is 34.6. The van der Waals surface area contributed by atoms with E-state index in [0.29, 0.717) is 5.89 Å². The fourth-order valence-corrected chi connectivity index (χ4v) is 8.48. The molecule has 0 radical (unpaired) electrons. The van der Waals surface area contributed by atoms with E-state index in [4.69, 9.17) is 13.8 Å². The topological polar surface area (TPSA) is 44.1 Å². The van der Waals surface area contributed by atoms with Gasteiger partial charge in [0.15, 0.2) is 5.58 Å². The second-order valence-electron chi connectivity index (χ2n) is 13.9. The molecule has 4 nitrogen and oxygen atoms in total. The Balaban J connectivity index is 1.12. The van der Waals surface area contributed by atoms with Crippen LogP contribution in [0.2, 0.25) is 0 Å². The second-order valence-corrected chi connectivity index (χ2v) is 13.9. The Hall–Kier alpha value is -7.17. The van der Waals surface area contributed by atoms with E-state index in [-0.39, 0.29) is 0 Å². The molecule has 0 N–H and O–H groups in total. The molecule has 0 unspecified atom stereocenters. The molecule has 0 aliphatic rings. The van der Waals surface area contributed by atoms with Crippen molar-refractivity contribution in [2.75, 3.05) is 0 Å². The molecule has 0 amide bonds. The predicted molar refractivity (Wildman–Crippen MR) is 219 cm³/mol. The van der Waals surface area contributed by atoms with Crippen LogP contribution in [0.25, 0.3) is 115 Å². The van der Waals surface area contributed by atoms with Crippen molar-refractivity contribution in [2.24, 2.45) is 0 Å². The summed E-state index contributed by atoms with van der Waals surface area (Å²) in [5.74, 6) is 0.580. The van der Waals surface area contributed by atoms with Crippen LogP contribution >= 0.6 is 0 Å². The van der Waals surface area contributed by atoms with Crippen LogP contribution in [0.4, 0.5) is 0 Å². The van der Waals surface area contributed by atoms with Gasteiger partial charge < -0.3 is 13.4 Å². The van der Waals surface area contributed by atoms with E-state index >= 15 is 0 Å². The SMILES string of the molecule is c1ccc2cc(-c3cc4nc(-c5ccc6c(c5)c5c7ccccc7ccc5n6-c5ccc6ccccc6c5)oc4c4c3oc3ccccc34)ccc2c1. The van der Waals surface area contributed by atoms with Gasteiger partial charge >= 0.3 is 0 Å². The maximum absolute atomic E-state index is 6.81. The average Bonchev–Trinajstić information content (AvgIpc) is 3.92. The molecular formula is C49H28N2O2. The Bertz CT molecular complexity index is 3470. The first kappa shape index (κ1) is 28.5. The van der Waals surface area contributed by atoms with Crippen molar-refractivity contribution < 1.29 is 8.83 Å². The summed E-state index contributed by atoms with van der Waals surface area (Å²) >= 11 is 0. The van der Waals surface area contributed by atoms with E-state index in [1.165, 1.54) is 37.7 Å². The zero-order valence-electron chi connectivity index (χ0n) is 28.4. The fraction of sp³-hybridized carbons (Fsp3) is 0. The summed E-state index contributed by atoms with van der Waals surface area (Å²) in [6.07, 6.45) is 0. The van der Waals surface area contributed by atoms with E-state index in [2.05, 4.69) is 156 Å². The molecule has 0 spiro atoms. The Morgan fingerprint density at radius 3 is 1.92 bits per heavy atom. The highest BCUT2D eigenvalue weighted by Crippen LogP contribution is 2.44. The summed E-state index contributed by atoms with van der Waals surface area (Å²) in [5, 5.41) is 11.6. The summed E-state index contributed by atoms with van der Waals surface area (Å²) in [6, 6.07) is 60.3. The number of para-hydroxylation sites is 1. The lowest BCUT2D eigenvalue weighted by molar-refractivity contribution is 0.622. The zero-order valence-corrected chi connectivity index (χ0v) is 28.4. The largest absolute Gasteiger partial charge is 0.455 e. The molecule has 0 atom stereocenters. The van der Waals surface area contributed by atoms with E-state index in [1.54, 1.807) is 0 Å². The van der Waals surface area contributed by atoms with Crippen LogP contribution in [-0.2, 0) is 0 Å². The fourth-order valence-electron chi connectivity index (χ4n) is 8.48. The molecule has 0 saturated carbocycles. The highest BCUT2D eigenvalue weighted by Gasteiger charge is 2.22. The lowest BCUT2D eigenvalue weighted by atomic mass is 9.98. The third-order valence-electron chi connectivity index (χ3n) is 11.0. The van der Waals surface area contributed by atoms with Crippen LogP contribution < -0.4 is 0 Å². The van der Waals surface area contributed by atoms with Crippen molar-refractivity contribution in [3.63, 3.8) is 0 Å². The van der Waals surface area contributed by atoms with Crippen LogP contribution in [0, 0.1) is 0 Å². The van der Waals surface area contributed by atoms with Crippen molar-refractivity contribution in [2.45, 2.75) is 0 Å². The average molecular weight is 677 g/mol. The summed E-state index contributed by atoms with van der Waals surface area (Å²) in [5.41, 5.74) is 9.57. The first-order valence-corrected chi connectivity index (χ1v) is 17.9. The molecule has 12 rings (SSSR count). The monoisotopic (exact) mass is 676 g/mol. The van der Waals surface area contributed by atoms with Gasteiger partial charge in [0, 0.05) is 33.0 Å². The predicted octanol–water partition coefficient (Wildman–Crippen LogP) is 13.6. The molecule has 0 bridgehead atoms. The first-order valence-electron chi connectivity index (χ1n) is 17.9. The Morgan fingerprint density at radius 2 is 1.08 bits per heavy atom. The highest BCUT2D eigenvalue weighted by atomic mass is 16.4. The van der Waals surface area contributed by atoms with Gasteiger partial charge in [0.2, 0.25) is 5.89 Å². The third-order valence-corrected chi connectivity index (χ3v) is 11.0. The second kappa shape index (κ2) is 10.7. The molecule has 9 aromatic carbocycles. The first-order chi connectivity index (χ1) is 26.2. The van der Waals surface area contributed by atoms with Gasteiger partial charge in [-0.25, -0.2) is 4.98 Å². The normalized spacial score (nSPS) is 12.2. The van der Waals surface area contributed by atoms with Gasteiger partial charge in [-0.05, 0) is 92.5 Å². The molecule has 0 saturated heterocycles. The van der Waals surface area contributed by atoms with Crippen molar-refractivity contribution in [1.29, 1.82) is 0 Å². The highest BCUT2D eigenvalue weighted by molar-refractivity contribution is 6.23. The van der Waals surface area contributed by atoms with Gasteiger partial charge in [0.05, 0.1) is 16.4 Å². The van der Waals surface area contributed by atoms with E-state index in [0.717, 1.165) is 71.8 Å². The van der Waals surface area contributed by atoms with Crippen LogP contribution in [0.3, 0.4) is 0 Å². The van der Waals surface area contributed by atoms with Crippen LogP contribution in [0.1, 0.15) is 0 Å². The summed E-state index contributed by atoms with van der Waals surface area (Å²) in [6.45, 7) is 0. The number of rotatable bonds is 3. The van der Waals surface area contributed by atoms with Crippen molar-refractivity contribution in [3.8, 4) is 28.3 Å². The molecule has 246 valence electrons. The molecule has 3 aromatic heterocycles. The van der Waals surface area contributed by atoms with Gasteiger partial charge in [-0.2, -0.15) is 0 Å². The molecule has 0 aliphatic carbocycles. The van der Waals surface area contributed by atoms with E-state index in [9.17, 15) is 0 Å². The number of furan rings is 1. The number of aromatic nitrogens is 2. The number of oxazole rings is 1. The van der Waals surface area contributed by atoms with Gasteiger partial charge in [-0.1, -0.05) is 115 Å². The number of fused-ring (bicyclic) bond motifs is 12. The lowest BCUT2D eigenvalue weighted by Crippen LogP contribution is -1.94. The van der Waals surface area contributed by atoms with Gasteiger partial charge in [0.1, 0.15) is 16.7 Å². The standard InChI is InChI=1S/C49H28N2O2/c1-3-12-32-25-34(18-17-29(32)9-1)39-28-41-48(46-38-15-7-8-16-44(38)52-47(39)46)53-49(50-41)35-21-23-42-40(27-35)45-37-14-6-5-11-31(37)20-24-43(45)51(42)36-22-19-30-10-2-4-13-33(30)26-36/h1-28H. The van der Waals surface area contributed by atoms with Crippen molar-refractivity contribution >= 4 is 87.2 Å². The Morgan fingerprint density at radius 1 is 0.415 bits per heavy atom. The molecule has 3 heterocycles. The van der Waals surface area contributed by atoms with Crippen molar-refractivity contribution in [3.05, 3.63) is 170 Å². The minimum atomic E-state index is 0.580. The smallest absolute Gasteiger partial charge is 0.227 e. The minimum absolute atomic E-state index is 0.580. The molecule has 0 fully saturated rings. The maximum atomic E-state index is 6.81. The third kappa shape index (κ3) is 4.15. The Labute approximate surface area is 302 Å². The quantitative estimate of drug-likeness (QED) is 0.187.